The van der Waals surface area contributed by atoms with Crippen molar-refractivity contribution >= 4 is 5.97 Å². The normalized spacial score (nSPS) is 19.9. The molecule has 2 rings (SSSR count). The maximum atomic E-state index is 11.3. The van der Waals surface area contributed by atoms with Crippen molar-refractivity contribution in [2.45, 2.75) is 32.4 Å². The Bertz CT molecular complexity index is 428. The van der Waals surface area contributed by atoms with Crippen LogP contribution in [0.25, 0.3) is 0 Å². The van der Waals surface area contributed by atoms with Gasteiger partial charge in [0.2, 0.25) is 0 Å². The van der Waals surface area contributed by atoms with E-state index < -0.39 is 0 Å². The smallest absolute Gasteiger partial charge is 0.330 e. The van der Waals surface area contributed by atoms with Crippen LogP contribution in [0.1, 0.15) is 25.3 Å². The highest BCUT2D eigenvalue weighted by Crippen LogP contribution is 2.20. The minimum Gasteiger partial charge on any atom is -0.463 e. The summed E-state index contributed by atoms with van der Waals surface area (Å²) in [4.78, 5) is 13.7. The monoisotopic (exact) mass is 259 g/mol. The third-order valence-corrected chi connectivity index (χ3v) is 3.38. The maximum absolute atomic E-state index is 11.3. The van der Waals surface area contributed by atoms with E-state index >= 15 is 0 Å². The van der Waals surface area contributed by atoms with Gasteiger partial charge in [0.15, 0.2) is 0 Å². The average Bonchev–Trinajstić information content (AvgIpc) is 2.85. The van der Waals surface area contributed by atoms with Crippen LogP contribution in [-0.2, 0) is 16.1 Å². The third-order valence-electron chi connectivity index (χ3n) is 3.38. The lowest BCUT2D eigenvalue weighted by molar-refractivity contribution is -0.137. The van der Waals surface area contributed by atoms with Crippen LogP contribution >= 0.6 is 0 Å². The van der Waals surface area contributed by atoms with E-state index in [1.807, 2.05) is 19.1 Å². The van der Waals surface area contributed by atoms with Gasteiger partial charge >= 0.3 is 5.97 Å². The number of carbonyl (C=O) groups excluding carboxylic acids is 1. The lowest BCUT2D eigenvalue weighted by Gasteiger charge is -2.21. The third kappa shape index (κ3) is 4.21. The molecule has 0 unspecified atom stereocenters. The fourth-order valence-corrected chi connectivity index (χ4v) is 2.46. The number of benzene rings is 1. The number of likely N-dealkylation sites (tertiary alicyclic amines) is 1. The number of hydrogen-bond acceptors (Lipinski definition) is 3. The standard InChI is InChI=1S/C16H21NO2/c1-2-19-16(18)11-10-15-9-6-12-17(15)13-14-7-4-3-5-8-14/h3-5,7-8,10-11,15H,2,6,9,12-13H2,1H3/b11-10+/t15-/m1/s1. The molecule has 0 radical (unpaired) electrons. The van der Waals surface area contributed by atoms with E-state index in [4.69, 9.17) is 4.74 Å². The Morgan fingerprint density at radius 1 is 1.42 bits per heavy atom. The van der Waals surface area contributed by atoms with Crippen molar-refractivity contribution in [2.24, 2.45) is 0 Å². The van der Waals surface area contributed by atoms with Crippen molar-refractivity contribution in [1.82, 2.24) is 4.90 Å². The van der Waals surface area contributed by atoms with E-state index in [1.165, 1.54) is 12.0 Å². The van der Waals surface area contributed by atoms with Crippen LogP contribution in [0, 0.1) is 0 Å². The van der Waals surface area contributed by atoms with Gasteiger partial charge in [-0.1, -0.05) is 36.4 Å². The largest absolute Gasteiger partial charge is 0.463 e. The zero-order valence-electron chi connectivity index (χ0n) is 11.4. The van der Waals surface area contributed by atoms with Gasteiger partial charge in [-0.2, -0.15) is 0 Å². The van der Waals surface area contributed by atoms with E-state index in [0.717, 1.165) is 19.5 Å². The first-order valence-corrected chi connectivity index (χ1v) is 6.92. The molecule has 0 spiro atoms. The highest BCUT2D eigenvalue weighted by atomic mass is 16.5. The number of rotatable bonds is 5. The molecule has 1 fully saturated rings. The van der Waals surface area contributed by atoms with Crippen LogP contribution in [0.4, 0.5) is 0 Å². The van der Waals surface area contributed by atoms with E-state index in [1.54, 1.807) is 6.08 Å². The SMILES string of the molecule is CCOC(=O)/C=C/[C@H]1CCCN1Cc1ccccc1. The summed E-state index contributed by atoms with van der Waals surface area (Å²) >= 11 is 0. The summed E-state index contributed by atoms with van der Waals surface area (Å²) in [5.74, 6) is -0.242. The molecule has 1 aliphatic heterocycles. The van der Waals surface area contributed by atoms with Gasteiger partial charge in [0.1, 0.15) is 0 Å². The molecule has 0 bridgehead atoms. The van der Waals surface area contributed by atoms with Crippen LogP contribution in [0.3, 0.4) is 0 Å². The van der Waals surface area contributed by atoms with Crippen LogP contribution in [0.2, 0.25) is 0 Å². The molecular formula is C16H21NO2. The Morgan fingerprint density at radius 3 is 2.95 bits per heavy atom. The first-order valence-electron chi connectivity index (χ1n) is 6.92. The number of nitrogens with zero attached hydrogens (tertiary/aromatic N) is 1. The van der Waals surface area contributed by atoms with Crippen LogP contribution in [-0.4, -0.2) is 30.1 Å². The molecule has 1 aromatic rings. The first kappa shape index (κ1) is 13.8. The molecular weight excluding hydrogens is 238 g/mol. The van der Waals surface area contributed by atoms with Gasteiger partial charge in [0, 0.05) is 18.7 Å². The van der Waals surface area contributed by atoms with Gasteiger partial charge in [-0.25, -0.2) is 4.79 Å². The second-order valence-corrected chi connectivity index (χ2v) is 4.78. The van der Waals surface area contributed by atoms with Crippen LogP contribution < -0.4 is 0 Å². The van der Waals surface area contributed by atoms with Gasteiger partial charge in [-0.05, 0) is 31.9 Å². The lowest BCUT2D eigenvalue weighted by atomic mass is 10.1. The van der Waals surface area contributed by atoms with Crippen molar-refractivity contribution in [3.63, 3.8) is 0 Å². The lowest BCUT2D eigenvalue weighted by Crippen LogP contribution is -2.27. The fourth-order valence-electron chi connectivity index (χ4n) is 2.46. The Labute approximate surface area is 114 Å². The summed E-state index contributed by atoms with van der Waals surface area (Å²) in [6.45, 7) is 4.29. The van der Waals surface area contributed by atoms with E-state index in [9.17, 15) is 4.79 Å². The Balaban J connectivity index is 1.92. The number of carbonyl (C=O) groups is 1. The number of hydrogen-bond donors (Lipinski definition) is 0. The molecule has 1 heterocycles. The molecule has 3 nitrogen and oxygen atoms in total. The molecule has 1 aliphatic rings. The second kappa shape index (κ2) is 7.10. The molecule has 0 amide bonds. The Morgan fingerprint density at radius 2 is 2.21 bits per heavy atom. The molecule has 0 saturated carbocycles. The minimum atomic E-state index is -0.242. The predicted molar refractivity (Wildman–Crippen MR) is 75.6 cm³/mol. The molecule has 3 heteroatoms. The number of esters is 1. The van der Waals surface area contributed by atoms with Crippen LogP contribution in [0.5, 0.6) is 0 Å². The topological polar surface area (TPSA) is 29.5 Å². The van der Waals surface area contributed by atoms with Gasteiger partial charge in [-0.15, -0.1) is 0 Å². The highest BCUT2D eigenvalue weighted by Gasteiger charge is 2.22. The van der Waals surface area contributed by atoms with Crippen LogP contribution in [0.15, 0.2) is 42.5 Å². The summed E-state index contributed by atoms with van der Waals surface area (Å²) in [5, 5.41) is 0. The zero-order valence-corrected chi connectivity index (χ0v) is 11.4. The van der Waals surface area contributed by atoms with Gasteiger partial charge in [0.25, 0.3) is 0 Å². The van der Waals surface area contributed by atoms with E-state index in [0.29, 0.717) is 12.6 Å². The Hall–Kier alpha value is -1.61. The molecule has 0 aromatic heterocycles. The molecule has 19 heavy (non-hydrogen) atoms. The van der Waals surface area contributed by atoms with E-state index in [2.05, 4.69) is 29.2 Å². The highest BCUT2D eigenvalue weighted by molar-refractivity contribution is 5.81. The van der Waals surface area contributed by atoms with Crippen molar-refractivity contribution in [2.75, 3.05) is 13.2 Å². The minimum absolute atomic E-state index is 0.242. The molecule has 0 N–H and O–H groups in total. The summed E-state index contributed by atoms with van der Waals surface area (Å²) < 4.78 is 4.91. The zero-order chi connectivity index (χ0) is 13.5. The predicted octanol–water partition coefficient (Wildman–Crippen LogP) is 2.77. The summed E-state index contributed by atoms with van der Waals surface area (Å²) in [6.07, 6.45) is 5.85. The maximum Gasteiger partial charge on any atom is 0.330 e. The van der Waals surface area contributed by atoms with Crippen molar-refractivity contribution in [1.29, 1.82) is 0 Å². The number of ether oxygens (including phenoxy) is 1. The summed E-state index contributed by atoms with van der Waals surface area (Å²) in [6, 6.07) is 10.8. The molecule has 0 aliphatic carbocycles. The van der Waals surface area contributed by atoms with Gasteiger partial charge in [0.05, 0.1) is 6.61 Å². The van der Waals surface area contributed by atoms with E-state index in [-0.39, 0.29) is 5.97 Å². The van der Waals surface area contributed by atoms with Gasteiger partial charge in [-0.3, -0.25) is 4.90 Å². The fraction of sp³-hybridized carbons (Fsp3) is 0.438. The molecule has 1 atom stereocenters. The summed E-state index contributed by atoms with van der Waals surface area (Å²) in [7, 11) is 0. The quantitative estimate of drug-likeness (QED) is 0.601. The van der Waals surface area contributed by atoms with Crippen molar-refractivity contribution < 1.29 is 9.53 Å². The second-order valence-electron chi connectivity index (χ2n) is 4.78. The van der Waals surface area contributed by atoms with Gasteiger partial charge < -0.3 is 4.74 Å². The van der Waals surface area contributed by atoms with Crippen molar-refractivity contribution in [3.8, 4) is 0 Å². The Kier molecular flexibility index (Phi) is 5.16. The first-order chi connectivity index (χ1) is 9.29. The summed E-state index contributed by atoms with van der Waals surface area (Å²) in [5.41, 5.74) is 1.32. The average molecular weight is 259 g/mol. The molecule has 1 saturated heterocycles. The molecule has 1 aromatic carbocycles. The van der Waals surface area contributed by atoms with Crippen molar-refractivity contribution in [3.05, 3.63) is 48.0 Å². The molecule has 102 valence electrons.